The Morgan fingerprint density at radius 2 is 1.66 bits per heavy atom. The van der Waals surface area contributed by atoms with Crippen molar-refractivity contribution in [2.45, 2.75) is 13.8 Å². The van der Waals surface area contributed by atoms with Crippen molar-refractivity contribution in [2.75, 3.05) is 0 Å². The molecule has 0 amide bonds. The fourth-order valence-electron chi connectivity index (χ4n) is 5.55. The molecule has 0 atom stereocenters. The van der Waals surface area contributed by atoms with E-state index in [1.54, 1.807) is 0 Å². The Labute approximate surface area is 185 Å². The minimum Gasteiger partial charge on any atom is -0.306 e. The van der Waals surface area contributed by atoms with Crippen LogP contribution < -0.4 is 4.57 Å². The molecular weight excluding hydrogens is 390 g/mol. The molecule has 0 N–H and O–H groups in total. The van der Waals surface area contributed by atoms with Crippen molar-refractivity contribution in [3.63, 3.8) is 0 Å². The number of benzene rings is 3. The van der Waals surface area contributed by atoms with Gasteiger partial charge in [0.2, 0.25) is 5.52 Å². The topological polar surface area (TPSA) is 21.2 Å². The third-order valence-electron chi connectivity index (χ3n) is 7.17. The Kier molecular flexibility index (Phi) is 3.34. The van der Waals surface area contributed by atoms with Gasteiger partial charge in [0.25, 0.3) is 0 Å². The van der Waals surface area contributed by atoms with Gasteiger partial charge >= 0.3 is 0 Å². The van der Waals surface area contributed by atoms with E-state index in [-0.39, 0.29) is 0 Å². The predicted octanol–water partition coefficient (Wildman–Crippen LogP) is 6.49. The van der Waals surface area contributed by atoms with Crippen LogP contribution in [0.4, 0.5) is 0 Å². The van der Waals surface area contributed by atoms with Crippen LogP contribution >= 0.6 is 0 Å². The second kappa shape index (κ2) is 6.04. The molecule has 3 nitrogen and oxygen atoms in total. The van der Waals surface area contributed by atoms with Crippen LogP contribution in [0.1, 0.15) is 11.1 Å². The molecule has 152 valence electrons. The van der Waals surface area contributed by atoms with Crippen LogP contribution in [0.15, 0.2) is 79.3 Å². The summed E-state index contributed by atoms with van der Waals surface area (Å²) in [6.07, 6.45) is 6.12. The highest BCUT2D eigenvalue weighted by atomic mass is 15.0. The van der Waals surface area contributed by atoms with Crippen molar-refractivity contribution in [1.82, 2.24) is 9.38 Å². The molecular formula is C29H22N3+. The van der Waals surface area contributed by atoms with Gasteiger partial charge in [-0.15, -0.1) is 0 Å². The van der Waals surface area contributed by atoms with Crippen molar-refractivity contribution in [1.29, 1.82) is 0 Å². The fourth-order valence-corrected chi connectivity index (χ4v) is 5.55. The highest BCUT2D eigenvalue weighted by Crippen LogP contribution is 2.42. The average molecular weight is 413 g/mol. The minimum atomic E-state index is 1.16. The lowest BCUT2D eigenvalue weighted by Crippen LogP contribution is -2.29. The van der Waals surface area contributed by atoms with E-state index in [1.165, 1.54) is 65.7 Å². The number of nitrogens with zero attached hydrogens (tertiary/aromatic N) is 3. The maximum Gasteiger partial charge on any atom is 0.224 e. The van der Waals surface area contributed by atoms with Crippen LogP contribution in [-0.2, 0) is 7.05 Å². The Hall–Kier alpha value is -3.98. The van der Waals surface area contributed by atoms with E-state index < -0.39 is 0 Å². The molecule has 3 aromatic carbocycles. The Balaban J connectivity index is 1.87. The molecule has 7 rings (SSSR count). The molecule has 0 radical (unpaired) electrons. The molecule has 0 saturated carbocycles. The summed E-state index contributed by atoms with van der Waals surface area (Å²) in [6.45, 7) is 4.48. The van der Waals surface area contributed by atoms with Crippen LogP contribution in [-0.4, -0.2) is 9.38 Å². The number of pyridine rings is 3. The minimum absolute atomic E-state index is 1.16. The molecule has 7 aromatic rings. The summed E-state index contributed by atoms with van der Waals surface area (Å²) in [4.78, 5) is 4.51. The molecule has 0 unspecified atom stereocenters. The molecule has 0 aliphatic carbocycles. The molecule has 32 heavy (non-hydrogen) atoms. The van der Waals surface area contributed by atoms with E-state index in [4.69, 9.17) is 0 Å². The highest BCUT2D eigenvalue weighted by molar-refractivity contribution is 6.26. The predicted molar refractivity (Wildman–Crippen MR) is 132 cm³/mol. The van der Waals surface area contributed by atoms with Crippen LogP contribution in [0.3, 0.4) is 0 Å². The van der Waals surface area contributed by atoms with Crippen LogP contribution in [0, 0.1) is 13.8 Å². The maximum atomic E-state index is 4.51. The van der Waals surface area contributed by atoms with Gasteiger partial charge in [-0.2, -0.15) is 0 Å². The van der Waals surface area contributed by atoms with Gasteiger partial charge in [-0.05, 0) is 65.8 Å². The Bertz CT molecular complexity index is 1840. The number of rotatable bonds is 1. The fraction of sp³-hybridized carbons (Fsp3) is 0.103. The molecule has 0 bridgehead atoms. The summed E-state index contributed by atoms with van der Waals surface area (Å²) in [5.74, 6) is 0. The van der Waals surface area contributed by atoms with Gasteiger partial charge < -0.3 is 4.40 Å². The van der Waals surface area contributed by atoms with Gasteiger partial charge in [0.1, 0.15) is 7.05 Å². The third kappa shape index (κ3) is 2.10. The lowest BCUT2D eigenvalue weighted by atomic mass is 9.94. The molecule has 4 heterocycles. The molecule has 4 aromatic heterocycles. The normalized spacial score (nSPS) is 12.2. The summed E-state index contributed by atoms with van der Waals surface area (Å²) in [7, 11) is 2.16. The standard InChI is InChI=1S/C29H22N3/c1-17-13-23-22-9-11-30-16-25(22)32-24-15-21(19-7-5-4-6-8-19)14-20-10-12-31(3)29(27(20)24)26(18(17)2)28(23)32/h4-16H,1-3H3/q+1. The Morgan fingerprint density at radius 3 is 2.50 bits per heavy atom. The smallest absolute Gasteiger partial charge is 0.224 e. The zero-order valence-electron chi connectivity index (χ0n) is 18.3. The number of fused-ring (bicyclic) bond motifs is 5. The molecule has 0 fully saturated rings. The van der Waals surface area contributed by atoms with Crippen molar-refractivity contribution in [3.05, 3.63) is 90.4 Å². The quantitative estimate of drug-likeness (QED) is 0.171. The summed E-state index contributed by atoms with van der Waals surface area (Å²) in [5, 5.41) is 6.46. The monoisotopic (exact) mass is 412 g/mol. The number of aryl methyl sites for hydroxylation is 3. The molecule has 0 saturated heterocycles. The van der Waals surface area contributed by atoms with Crippen molar-refractivity contribution < 1.29 is 4.57 Å². The van der Waals surface area contributed by atoms with E-state index in [0.717, 1.165) is 5.52 Å². The van der Waals surface area contributed by atoms with Gasteiger partial charge in [-0.1, -0.05) is 30.3 Å². The van der Waals surface area contributed by atoms with Crippen LogP contribution in [0.2, 0.25) is 0 Å². The van der Waals surface area contributed by atoms with Crippen molar-refractivity contribution in [2.24, 2.45) is 7.05 Å². The Morgan fingerprint density at radius 1 is 0.812 bits per heavy atom. The zero-order valence-corrected chi connectivity index (χ0v) is 18.3. The van der Waals surface area contributed by atoms with Crippen LogP contribution in [0.25, 0.3) is 60.1 Å². The number of hydrogen-bond donors (Lipinski definition) is 0. The van der Waals surface area contributed by atoms with E-state index in [0.29, 0.717) is 0 Å². The van der Waals surface area contributed by atoms with E-state index >= 15 is 0 Å². The van der Waals surface area contributed by atoms with Gasteiger partial charge in [0, 0.05) is 23.0 Å². The van der Waals surface area contributed by atoms with E-state index in [1.807, 2.05) is 12.4 Å². The van der Waals surface area contributed by atoms with Gasteiger partial charge in [0.05, 0.1) is 33.5 Å². The summed E-state index contributed by atoms with van der Waals surface area (Å²) < 4.78 is 4.73. The second-order valence-electron chi connectivity index (χ2n) is 8.92. The lowest BCUT2D eigenvalue weighted by molar-refractivity contribution is -0.643. The first kappa shape index (κ1) is 17.7. The van der Waals surface area contributed by atoms with E-state index in [9.17, 15) is 0 Å². The highest BCUT2D eigenvalue weighted by Gasteiger charge is 2.25. The van der Waals surface area contributed by atoms with Crippen molar-refractivity contribution in [3.8, 4) is 11.1 Å². The van der Waals surface area contributed by atoms with Crippen molar-refractivity contribution >= 4 is 49.0 Å². The molecule has 3 heteroatoms. The molecule has 0 aliphatic rings. The number of hydrogen-bond acceptors (Lipinski definition) is 1. The summed E-state index contributed by atoms with van der Waals surface area (Å²) >= 11 is 0. The summed E-state index contributed by atoms with van der Waals surface area (Å²) in [5.41, 5.74) is 10.1. The summed E-state index contributed by atoms with van der Waals surface area (Å²) in [6, 6.07) is 22.1. The number of aromatic nitrogens is 3. The van der Waals surface area contributed by atoms with Gasteiger partial charge in [-0.25, -0.2) is 4.57 Å². The van der Waals surface area contributed by atoms with E-state index in [2.05, 4.69) is 102 Å². The van der Waals surface area contributed by atoms with Gasteiger partial charge in [-0.3, -0.25) is 4.98 Å². The SMILES string of the molecule is Cc1cc2c3ccncc3n3c4cc(-c5ccccc5)cc5cc[n+](C)c(c(c1C)c23)c54. The van der Waals surface area contributed by atoms with Crippen LogP contribution in [0.5, 0.6) is 0 Å². The lowest BCUT2D eigenvalue weighted by Gasteiger charge is -2.15. The largest absolute Gasteiger partial charge is 0.306 e. The first-order chi connectivity index (χ1) is 15.6. The van der Waals surface area contributed by atoms with Gasteiger partial charge in [0.15, 0.2) is 6.20 Å². The zero-order chi connectivity index (χ0) is 21.6. The first-order valence-electron chi connectivity index (χ1n) is 11.0. The maximum absolute atomic E-state index is 4.51. The second-order valence-corrected chi connectivity index (χ2v) is 8.92. The molecule has 0 aliphatic heterocycles. The molecule has 0 spiro atoms. The third-order valence-corrected chi connectivity index (χ3v) is 7.17. The first-order valence-corrected chi connectivity index (χ1v) is 11.0. The average Bonchev–Trinajstić information content (AvgIpc) is 3.15.